The first kappa shape index (κ1) is 10.6. The Morgan fingerprint density at radius 2 is 2.00 bits per heavy atom. The van der Waals surface area contributed by atoms with Gasteiger partial charge in [0.25, 0.3) is 0 Å². The van der Waals surface area contributed by atoms with Crippen LogP contribution in [0.1, 0.15) is 4.88 Å². The average Bonchev–Trinajstić information content (AvgIpc) is 2.77. The Morgan fingerprint density at radius 1 is 1.24 bits per heavy atom. The van der Waals surface area contributed by atoms with E-state index in [9.17, 15) is 0 Å². The quantitative estimate of drug-likeness (QED) is 0.658. The van der Waals surface area contributed by atoms with E-state index in [0.29, 0.717) is 4.64 Å². The monoisotopic (exact) mass is 258 g/mol. The van der Waals surface area contributed by atoms with Crippen LogP contribution in [0, 0.1) is 11.6 Å². The largest absolute Gasteiger partial charge is 0.267 e. The van der Waals surface area contributed by atoms with Crippen LogP contribution in [0.2, 0.25) is 0 Å². The maximum atomic E-state index is 5.25. The third-order valence-electron chi connectivity index (χ3n) is 2.70. The van der Waals surface area contributed by atoms with E-state index in [1.165, 1.54) is 4.88 Å². The standard InChI is InChI=1S/C13H10N2S2/c1-8-6-9(7-17-8)12-10-4-2-3-5-11(10)13(16)15-14-12/h2-7H,1H3,(H,15,16). The lowest BCUT2D eigenvalue weighted by Gasteiger charge is -2.03. The number of hydrogen-bond acceptors (Lipinski definition) is 3. The molecule has 0 saturated heterocycles. The number of aromatic nitrogens is 2. The molecule has 0 spiro atoms. The van der Waals surface area contributed by atoms with Gasteiger partial charge in [0, 0.05) is 26.6 Å². The molecule has 0 aliphatic carbocycles. The fourth-order valence-electron chi connectivity index (χ4n) is 1.90. The van der Waals surface area contributed by atoms with E-state index in [0.717, 1.165) is 22.0 Å². The van der Waals surface area contributed by atoms with Gasteiger partial charge in [-0.15, -0.1) is 11.3 Å². The molecule has 3 rings (SSSR count). The maximum Gasteiger partial charge on any atom is 0.127 e. The first-order chi connectivity index (χ1) is 8.25. The van der Waals surface area contributed by atoms with Crippen LogP contribution in [0.5, 0.6) is 0 Å². The van der Waals surface area contributed by atoms with Crippen molar-refractivity contribution in [2.24, 2.45) is 0 Å². The third kappa shape index (κ3) is 1.79. The van der Waals surface area contributed by atoms with Gasteiger partial charge in [-0.3, -0.25) is 5.10 Å². The van der Waals surface area contributed by atoms with Crippen LogP contribution in [0.15, 0.2) is 35.7 Å². The highest BCUT2D eigenvalue weighted by molar-refractivity contribution is 7.71. The Labute approximate surface area is 108 Å². The number of nitrogens with one attached hydrogen (secondary N) is 1. The van der Waals surface area contributed by atoms with Gasteiger partial charge in [-0.05, 0) is 13.0 Å². The van der Waals surface area contributed by atoms with Gasteiger partial charge in [-0.25, -0.2) is 0 Å². The second-order valence-electron chi connectivity index (χ2n) is 3.89. The van der Waals surface area contributed by atoms with Crippen molar-refractivity contribution < 1.29 is 0 Å². The van der Waals surface area contributed by atoms with Crippen LogP contribution in [-0.4, -0.2) is 10.2 Å². The first-order valence-electron chi connectivity index (χ1n) is 5.28. The van der Waals surface area contributed by atoms with E-state index in [1.54, 1.807) is 11.3 Å². The van der Waals surface area contributed by atoms with Gasteiger partial charge in [0.1, 0.15) is 4.64 Å². The molecule has 0 radical (unpaired) electrons. The summed E-state index contributed by atoms with van der Waals surface area (Å²) >= 11 is 6.99. The molecule has 1 aromatic carbocycles. The first-order valence-corrected chi connectivity index (χ1v) is 6.57. The fraction of sp³-hybridized carbons (Fsp3) is 0.0769. The van der Waals surface area contributed by atoms with Crippen LogP contribution in [0.25, 0.3) is 22.0 Å². The molecule has 0 aliphatic rings. The van der Waals surface area contributed by atoms with Crippen molar-refractivity contribution in [3.05, 3.63) is 45.2 Å². The van der Waals surface area contributed by atoms with E-state index < -0.39 is 0 Å². The Hall–Kier alpha value is -1.52. The van der Waals surface area contributed by atoms with Crippen molar-refractivity contribution in [1.82, 2.24) is 10.2 Å². The summed E-state index contributed by atoms with van der Waals surface area (Å²) in [6.07, 6.45) is 0. The van der Waals surface area contributed by atoms with Gasteiger partial charge in [0.15, 0.2) is 0 Å². The van der Waals surface area contributed by atoms with Crippen molar-refractivity contribution in [3.8, 4) is 11.3 Å². The second-order valence-corrected chi connectivity index (χ2v) is 5.42. The molecule has 2 aromatic heterocycles. The van der Waals surface area contributed by atoms with Gasteiger partial charge in [-0.2, -0.15) is 5.10 Å². The lowest BCUT2D eigenvalue weighted by molar-refractivity contribution is 1.04. The molecule has 0 saturated carbocycles. The molecule has 0 atom stereocenters. The predicted octanol–water partition coefficient (Wildman–Crippen LogP) is 4.33. The SMILES string of the molecule is Cc1cc(-c2n[nH]c(=S)c3ccccc23)cs1. The normalized spacial score (nSPS) is 10.9. The predicted molar refractivity (Wildman–Crippen MR) is 75.0 cm³/mol. The highest BCUT2D eigenvalue weighted by Crippen LogP contribution is 2.29. The summed E-state index contributed by atoms with van der Waals surface area (Å²) in [7, 11) is 0. The summed E-state index contributed by atoms with van der Waals surface area (Å²) in [6.45, 7) is 2.10. The summed E-state index contributed by atoms with van der Waals surface area (Å²) in [5, 5.41) is 11.6. The van der Waals surface area contributed by atoms with Gasteiger partial charge >= 0.3 is 0 Å². The molecule has 2 nitrogen and oxygen atoms in total. The van der Waals surface area contributed by atoms with Crippen LogP contribution < -0.4 is 0 Å². The number of fused-ring (bicyclic) bond motifs is 1. The molecule has 0 fully saturated rings. The van der Waals surface area contributed by atoms with Crippen molar-refractivity contribution in [2.75, 3.05) is 0 Å². The summed E-state index contributed by atoms with van der Waals surface area (Å²) in [6, 6.07) is 10.2. The number of hydrogen-bond donors (Lipinski definition) is 1. The zero-order valence-electron chi connectivity index (χ0n) is 9.23. The van der Waals surface area contributed by atoms with Gasteiger partial charge in [0.2, 0.25) is 0 Å². The minimum atomic E-state index is 0.691. The molecule has 0 bridgehead atoms. The summed E-state index contributed by atoms with van der Waals surface area (Å²) in [5.41, 5.74) is 2.12. The second kappa shape index (κ2) is 4.05. The van der Waals surface area contributed by atoms with Crippen LogP contribution in [-0.2, 0) is 0 Å². The van der Waals surface area contributed by atoms with E-state index >= 15 is 0 Å². The molecule has 4 heteroatoms. The number of H-pyrrole nitrogens is 1. The number of rotatable bonds is 1. The van der Waals surface area contributed by atoms with Gasteiger partial charge in [-0.1, -0.05) is 36.5 Å². The Morgan fingerprint density at radius 3 is 2.71 bits per heavy atom. The molecule has 84 valence electrons. The topological polar surface area (TPSA) is 28.7 Å². The third-order valence-corrected chi connectivity index (χ3v) is 3.87. The number of thiophene rings is 1. The fourth-order valence-corrected chi connectivity index (χ4v) is 2.81. The zero-order chi connectivity index (χ0) is 11.8. The lowest BCUT2D eigenvalue weighted by atomic mass is 10.1. The molecule has 3 aromatic rings. The van der Waals surface area contributed by atoms with Crippen molar-refractivity contribution in [2.45, 2.75) is 6.92 Å². The lowest BCUT2D eigenvalue weighted by Crippen LogP contribution is -1.89. The number of aromatic amines is 1. The summed E-state index contributed by atoms with van der Waals surface area (Å²) in [4.78, 5) is 1.29. The van der Waals surface area contributed by atoms with E-state index in [4.69, 9.17) is 12.2 Å². The van der Waals surface area contributed by atoms with Crippen molar-refractivity contribution in [3.63, 3.8) is 0 Å². The molecular weight excluding hydrogens is 248 g/mol. The van der Waals surface area contributed by atoms with E-state index in [-0.39, 0.29) is 0 Å². The molecule has 17 heavy (non-hydrogen) atoms. The smallest absolute Gasteiger partial charge is 0.127 e. The average molecular weight is 258 g/mol. The molecule has 1 N–H and O–H groups in total. The molecule has 0 unspecified atom stereocenters. The Balaban J connectivity index is 2.38. The molecular formula is C13H10N2S2. The Bertz CT molecular complexity index is 740. The zero-order valence-corrected chi connectivity index (χ0v) is 10.9. The van der Waals surface area contributed by atoms with Gasteiger partial charge < -0.3 is 0 Å². The number of benzene rings is 1. The number of aryl methyl sites for hydroxylation is 1. The van der Waals surface area contributed by atoms with Crippen LogP contribution in [0.4, 0.5) is 0 Å². The molecule has 2 heterocycles. The van der Waals surface area contributed by atoms with Crippen molar-refractivity contribution >= 4 is 34.3 Å². The highest BCUT2D eigenvalue weighted by Gasteiger charge is 2.07. The maximum absolute atomic E-state index is 5.25. The Kier molecular flexibility index (Phi) is 2.53. The van der Waals surface area contributed by atoms with E-state index in [1.807, 2.05) is 18.2 Å². The van der Waals surface area contributed by atoms with Crippen LogP contribution in [0.3, 0.4) is 0 Å². The van der Waals surface area contributed by atoms with Gasteiger partial charge in [0.05, 0.1) is 5.69 Å². The summed E-state index contributed by atoms with van der Waals surface area (Å²) in [5.74, 6) is 0. The summed E-state index contributed by atoms with van der Waals surface area (Å²) < 4.78 is 0.691. The minimum Gasteiger partial charge on any atom is -0.267 e. The van der Waals surface area contributed by atoms with E-state index in [2.05, 4.69) is 34.6 Å². The molecule has 0 aliphatic heterocycles. The minimum absolute atomic E-state index is 0.691. The molecule has 0 amide bonds. The van der Waals surface area contributed by atoms with Crippen LogP contribution >= 0.6 is 23.6 Å². The highest BCUT2D eigenvalue weighted by atomic mass is 32.1. The van der Waals surface area contributed by atoms with Crippen molar-refractivity contribution in [1.29, 1.82) is 0 Å². The number of nitrogens with zero attached hydrogens (tertiary/aromatic N) is 1.